The molecule has 0 amide bonds. The monoisotopic (exact) mass is 311 g/mol. The molecule has 98 valence electrons. The summed E-state index contributed by atoms with van der Waals surface area (Å²) in [6.07, 6.45) is 2.93. The lowest BCUT2D eigenvalue weighted by atomic mass is 9.99. The molecule has 1 saturated heterocycles. The Morgan fingerprint density at radius 2 is 2.00 bits per heavy atom. The molecule has 0 unspecified atom stereocenters. The number of hydrogen-bond donors (Lipinski definition) is 0. The lowest BCUT2D eigenvalue weighted by Crippen LogP contribution is -2.40. The first-order valence-electron chi connectivity index (χ1n) is 6.34. The van der Waals surface area contributed by atoms with Crippen LogP contribution in [0.25, 0.3) is 6.08 Å². The summed E-state index contributed by atoms with van der Waals surface area (Å²) in [5.41, 5.74) is 5.30. The topological polar surface area (TPSA) is 3.24 Å². The number of likely N-dealkylation sites (tertiary alicyclic amines) is 1. The predicted molar refractivity (Wildman–Crippen MR) is 78.6 cm³/mol. The van der Waals surface area contributed by atoms with Crippen LogP contribution >= 0.6 is 15.9 Å². The van der Waals surface area contributed by atoms with E-state index in [1.54, 1.807) is 0 Å². The van der Waals surface area contributed by atoms with Gasteiger partial charge in [0.05, 0.1) is 6.67 Å². The van der Waals surface area contributed by atoms with Crippen molar-refractivity contribution in [2.75, 3.05) is 26.3 Å². The molecule has 1 aromatic carbocycles. The van der Waals surface area contributed by atoms with Gasteiger partial charge < -0.3 is 0 Å². The van der Waals surface area contributed by atoms with Crippen LogP contribution in [0.4, 0.5) is 4.39 Å². The minimum Gasteiger partial charge on any atom is -0.295 e. The van der Waals surface area contributed by atoms with E-state index in [2.05, 4.69) is 52.9 Å². The van der Waals surface area contributed by atoms with Crippen LogP contribution in [0.5, 0.6) is 0 Å². The minimum atomic E-state index is -0.208. The lowest BCUT2D eigenvalue weighted by Gasteiger charge is -2.34. The molecule has 1 aliphatic rings. The maximum Gasteiger partial charge on any atom is 0.0906 e. The van der Waals surface area contributed by atoms with Gasteiger partial charge in [-0.1, -0.05) is 28.1 Å². The van der Waals surface area contributed by atoms with Crippen LogP contribution in [0.1, 0.15) is 23.1 Å². The van der Waals surface area contributed by atoms with Gasteiger partial charge in [0.15, 0.2) is 0 Å². The van der Waals surface area contributed by atoms with Crippen molar-refractivity contribution in [1.29, 1.82) is 0 Å². The first-order valence-corrected chi connectivity index (χ1v) is 7.14. The van der Waals surface area contributed by atoms with E-state index in [1.807, 2.05) is 0 Å². The number of benzene rings is 1. The number of hydrogen-bond acceptors (Lipinski definition) is 1. The number of alkyl halides is 1. The molecule has 0 bridgehead atoms. The number of halogens is 2. The Kier molecular flexibility index (Phi) is 4.57. The highest BCUT2D eigenvalue weighted by atomic mass is 79.9. The van der Waals surface area contributed by atoms with Crippen LogP contribution < -0.4 is 0 Å². The molecule has 0 radical (unpaired) electrons. The van der Waals surface area contributed by atoms with Crippen LogP contribution in [-0.4, -0.2) is 31.2 Å². The zero-order valence-corrected chi connectivity index (χ0v) is 12.6. The molecule has 0 saturated carbocycles. The van der Waals surface area contributed by atoms with Crippen molar-refractivity contribution in [2.24, 2.45) is 0 Å². The SMILES string of the molecule is Cc1cc(C=C2CN(CCCF)C2)c(C)cc1Br. The van der Waals surface area contributed by atoms with E-state index in [-0.39, 0.29) is 6.67 Å². The van der Waals surface area contributed by atoms with Gasteiger partial charge >= 0.3 is 0 Å². The zero-order chi connectivity index (χ0) is 13.1. The molecule has 1 fully saturated rings. The molecular weight excluding hydrogens is 293 g/mol. The van der Waals surface area contributed by atoms with Gasteiger partial charge in [-0.3, -0.25) is 9.29 Å². The van der Waals surface area contributed by atoms with Crippen LogP contribution in [0, 0.1) is 13.8 Å². The van der Waals surface area contributed by atoms with Gasteiger partial charge in [-0.05, 0) is 48.6 Å². The van der Waals surface area contributed by atoms with Gasteiger partial charge in [-0.25, -0.2) is 0 Å². The Hall–Kier alpha value is -0.670. The summed E-state index contributed by atoms with van der Waals surface area (Å²) in [5, 5.41) is 0. The van der Waals surface area contributed by atoms with E-state index in [0.29, 0.717) is 6.42 Å². The third-order valence-electron chi connectivity index (χ3n) is 3.37. The first-order chi connectivity index (χ1) is 8.60. The van der Waals surface area contributed by atoms with E-state index in [4.69, 9.17) is 0 Å². The Balaban J connectivity index is 2.01. The van der Waals surface area contributed by atoms with Gasteiger partial charge in [0.2, 0.25) is 0 Å². The molecule has 0 aliphatic carbocycles. The molecule has 3 heteroatoms. The lowest BCUT2D eigenvalue weighted by molar-refractivity contribution is 0.239. The maximum absolute atomic E-state index is 12.0. The number of aryl methyl sites for hydroxylation is 2. The summed E-state index contributed by atoms with van der Waals surface area (Å²) in [7, 11) is 0. The third kappa shape index (κ3) is 3.21. The maximum atomic E-state index is 12.0. The fourth-order valence-electron chi connectivity index (χ4n) is 2.24. The Morgan fingerprint density at radius 1 is 1.28 bits per heavy atom. The Morgan fingerprint density at radius 3 is 2.67 bits per heavy atom. The van der Waals surface area contributed by atoms with Crippen molar-refractivity contribution < 1.29 is 4.39 Å². The van der Waals surface area contributed by atoms with E-state index in [0.717, 1.165) is 19.6 Å². The van der Waals surface area contributed by atoms with Crippen molar-refractivity contribution in [2.45, 2.75) is 20.3 Å². The summed E-state index contributed by atoms with van der Waals surface area (Å²) >= 11 is 3.55. The van der Waals surface area contributed by atoms with Crippen LogP contribution in [0.2, 0.25) is 0 Å². The van der Waals surface area contributed by atoms with Gasteiger partial charge in [0.1, 0.15) is 0 Å². The smallest absolute Gasteiger partial charge is 0.0906 e. The molecule has 1 heterocycles. The summed E-state index contributed by atoms with van der Waals surface area (Å²) in [6, 6.07) is 4.39. The molecule has 1 aromatic rings. The second-order valence-corrected chi connectivity index (χ2v) is 5.87. The highest BCUT2D eigenvalue weighted by Gasteiger charge is 2.19. The largest absolute Gasteiger partial charge is 0.295 e. The highest BCUT2D eigenvalue weighted by Crippen LogP contribution is 2.25. The van der Waals surface area contributed by atoms with E-state index >= 15 is 0 Å². The van der Waals surface area contributed by atoms with E-state index in [1.165, 1.54) is 26.7 Å². The fourth-order valence-corrected chi connectivity index (χ4v) is 2.70. The predicted octanol–water partition coefficient (Wildman–Crippen LogP) is 4.12. The molecule has 0 N–H and O–H groups in total. The number of rotatable bonds is 4. The average Bonchev–Trinajstić information content (AvgIpc) is 2.28. The van der Waals surface area contributed by atoms with Crippen molar-refractivity contribution in [1.82, 2.24) is 4.90 Å². The van der Waals surface area contributed by atoms with E-state index in [9.17, 15) is 4.39 Å². The average molecular weight is 312 g/mol. The van der Waals surface area contributed by atoms with Crippen LogP contribution in [-0.2, 0) is 0 Å². The fraction of sp³-hybridized carbons (Fsp3) is 0.467. The van der Waals surface area contributed by atoms with Gasteiger partial charge in [0, 0.05) is 24.1 Å². The summed E-state index contributed by atoms with van der Waals surface area (Å²) in [5.74, 6) is 0. The zero-order valence-electron chi connectivity index (χ0n) is 11.0. The molecule has 1 nitrogen and oxygen atoms in total. The summed E-state index contributed by atoms with van der Waals surface area (Å²) < 4.78 is 13.2. The van der Waals surface area contributed by atoms with Crippen molar-refractivity contribution in [3.63, 3.8) is 0 Å². The summed E-state index contributed by atoms with van der Waals surface area (Å²) in [6.45, 7) is 6.91. The molecule has 0 atom stereocenters. The van der Waals surface area contributed by atoms with Crippen molar-refractivity contribution in [3.05, 3.63) is 38.9 Å². The molecule has 1 aliphatic heterocycles. The van der Waals surface area contributed by atoms with Gasteiger partial charge in [-0.15, -0.1) is 0 Å². The minimum absolute atomic E-state index is 0.208. The van der Waals surface area contributed by atoms with Crippen molar-refractivity contribution >= 4 is 22.0 Å². The van der Waals surface area contributed by atoms with Crippen LogP contribution in [0.15, 0.2) is 22.2 Å². The molecular formula is C15H19BrFN. The van der Waals surface area contributed by atoms with Crippen LogP contribution in [0.3, 0.4) is 0 Å². The number of nitrogens with zero attached hydrogens (tertiary/aromatic N) is 1. The molecule has 0 aromatic heterocycles. The second kappa shape index (κ2) is 5.98. The van der Waals surface area contributed by atoms with Crippen molar-refractivity contribution in [3.8, 4) is 0 Å². The second-order valence-electron chi connectivity index (χ2n) is 5.01. The molecule has 0 spiro atoms. The van der Waals surface area contributed by atoms with Gasteiger partial charge in [0.25, 0.3) is 0 Å². The standard InChI is InChI=1S/C15H19BrFN/c1-11-7-15(16)12(2)6-14(11)8-13-9-18(10-13)5-3-4-17/h6-8H,3-5,9-10H2,1-2H3. The molecule has 18 heavy (non-hydrogen) atoms. The van der Waals surface area contributed by atoms with Gasteiger partial charge in [-0.2, -0.15) is 0 Å². The third-order valence-corrected chi connectivity index (χ3v) is 4.22. The highest BCUT2D eigenvalue weighted by molar-refractivity contribution is 9.10. The Labute approximate surface area is 117 Å². The van der Waals surface area contributed by atoms with E-state index < -0.39 is 0 Å². The summed E-state index contributed by atoms with van der Waals surface area (Å²) in [4.78, 5) is 2.28. The normalized spacial score (nSPS) is 15.7. The molecule has 2 rings (SSSR count). The quantitative estimate of drug-likeness (QED) is 0.808. The Bertz CT molecular complexity index is 460. The first kappa shape index (κ1) is 13.8.